The van der Waals surface area contributed by atoms with Crippen molar-refractivity contribution in [3.63, 3.8) is 0 Å². The van der Waals surface area contributed by atoms with Gasteiger partial charge in [0.1, 0.15) is 0 Å². The van der Waals surface area contributed by atoms with Crippen LogP contribution >= 0.6 is 0 Å². The minimum absolute atomic E-state index is 0.343. The Bertz CT molecular complexity index is 504. The van der Waals surface area contributed by atoms with E-state index in [4.69, 9.17) is 0 Å². The summed E-state index contributed by atoms with van der Waals surface area (Å²) in [5.74, 6) is 0. The van der Waals surface area contributed by atoms with Gasteiger partial charge in [-0.2, -0.15) is 0 Å². The van der Waals surface area contributed by atoms with Crippen LogP contribution in [0.15, 0.2) is 35.2 Å². The predicted octanol–water partition coefficient (Wildman–Crippen LogP) is 4.76. The van der Waals surface area contributed by atoms with Crippen molar-refractivity contribution >= 4 is 10.8 Å². The van der Waals surface area contributed by atoms with Gasteiger partial charge in [0.15, 0.2) is 0 Å². The molecule has 128 valence electrons. The van der Waals surface area contributed by atoms with Crippen LogP contribution in [0.4, 0.5) is 0 Å². The van der Waals surface area contributed by atoms with Crippen LogP contribution in [-0.4, -0.2) is 33.0 Å². The fraction of sp³-hybridized carbons (Fsp3) is 0.700. The Hall–Kier alpha value is -0.670. The number of hydrogen-bond acceptors (Lipinski definition) is 2. The van der Waals surface area contributed by atoms with Crippen molar-refractivity contribution in [2.45, 2.75) is 86.9 Å². The van der Waals surface area contributed by atoms with E-state index in [0.717, 1.165) is 23.9 Å². The highest BCUT2D eigenvalue weighted by Gasteiger charge is 2.42. The zero-order chi connectivity index (χ0) is 16.1. The maximum absolute atomic E-state index is 13.0. The molecule has 23 heavy (non-hydrogen) atoms. The summed E-state index contributed by atoms with van der Waals surface area (Å²) in [5.41, 5.74) is 0. The van der Waals surface area contributed by atoms with Crippen LogP contribution in [0.25, 0.3) is 0 Å². The van der Waals surface area contributed by atoms with Crippen molar-refractivity contribution in [3.8, 4) is 0 Å². The molecule has 1 aromatic carbocycles. The second kappa shape index (κ2) is 8.43. The van der Waals surface area contributed by atoms with Gasteiger partial charge in [0, 0.05) is 17.0 Å². The topological polar surface area (TPSA) is 20.3 Å². The largest absolute Gasteiger partial charge is 0.296 e. The number of hydrogen-bond donors (Lipinski definition) is 0. The van der Waals surface area contributed by atoms with E-state index >= 15 is 0 Å². The fourth-order valence-corrected chi connectivity index (χ4v) is 6.15. The van der Waals surface area contributed by atoms with E-state index in [-0.39, 0.29) is 0 Å². The zero-order valence-electron chi connectivity index (χ0n) is 14.5. The Morgan fingerprint density at radius 1 is 1.09 bits per heavy atom. The maximum atomic E-state index is 13.0. The lowest BCUT2D eigenvalue weighted by molar-refractivity contribution is 0.115. The minimum Gasteiger partial charge on any atom is -0.296 e. The van der Waals surface area contributed by atoms with Crippen molar-refractivity contribution in [3.05, 3.63) is 30.3 Å². The van der Waals surface area contributed by atoms with E-state index in [2.05, 4.69) is 11.8 Å². The van der Waals surface area contributed by atoms with Crippen molar-refractivity contribution in [2.24, 2.45) is 0 Å². The number of fused-ring (bicyclic) bond motifs is 1. The SMILES string of the molecule is CCCCCC[C@@H]1CCC[C@@H]2[C@H](S(=O)c3ccccc3)CCN12. The maximum Gasteiger partial charge on any atom is 0.0577 e. The molecule has 1 unspecified atom stereocenters. The molecule has 0 radical (unpaired) electrons. The highest BCUT2D eigenvalue weighted by Crippen LogP contribution is 2.37. The van der Waals surface area contributed by atoms with Crippen LogP contribution < -0.4 is 0 Å². The third kappa shape index (κ3) is 4.06. The van der Waals surface area contributed by atoms with Gasteiger partial charge in [-0.25, -0.2) is 0 Å². The first-order valence-electron chi connectivity index (χ1n) is 9.52. The van der Waals surface area contributed by atoms with Crippen molar-refractivity contribution < 1.29 is 4.21 Å². The average Bonchev–Trinajstić information content (AvgIpc) is 3.03. The Kier molecular flexibility index (Phi) is 6.29. The lowest BCUT2D eigenvalue weighted by atomic mass is 9.93. The summed E-state index contributed by atoms with van der Waals surface area (Å²) in [6, 6.07) is 11.4. The summed E-state index contributed by atoms with van der Waals surface area (Å²) >= 11 is 0. The monoisotopic (exact) mass is 333 g/mol. The Balaban J connectivity index is 1.61. The summed E-state index contributed by atoms with van der Waals surface area (Å²) in [6.07, 6.45) is 11.8. The van der Waals surface area contributed by atoms with Gasteiger partial charge >= 0.3 is 0 Å². The second-order valence-corrected chi connectivity index (χ2v) is 8.85. The molecule has 3 rings (SSSR count). The van der Waals surface area contributed by atoms with Gasteiger partial charge in [0.25, 0.3) is 0 Å². The van der Waals surface area contributed by atoms with E-state index in [1.165, 1.54) is 51.4 Å². The third-order valence-corrected chi connectivity index (χ3v) is 7.51. The molecule has 0 aliphatic carbocycles. The van der Waals surface area contributed by atoms with Gasteiger partial charge in [0.2, 0.25) is 0 Å². The summed E-state index contributed by atoms with van der Waals surface area (Å²) < 4.78 is 13.0. The van der Waals surface area contributed by atoms with Crippen LogP contribution in [0.5, 0.6) is 0 Å². The molecule has 0 amide bonds. The standard InChI is InChI=1S/C20H31NOS/c1-2-3-4-6-10-17-11-9-14-19-20(15-16-21(17)19)23(22)18-12-7-5-8-13-18/h5,7-8,12-13,17,19-20H,2-4,6,9-11,14-16H2,1H3/t17-,19-,20-,23?/m1/s1. The molecule has 0 spiro atoms. The molecule has 2 aliphatic heterocycles. The number of nitrogens with zero attached hydrogens (tertiary/aromatic N) is 1. The summed E-state index contributed by atoms with van der Waals surface area (Å²) in [6.45, 7) is 3.44. The quantitative estimate of drug-likeness (QED) is 0.671. The molecule has 2 nitrogen and oxygen atoms in total. The number of benzene rings is 1. The van der Waals surface area contributed by atoms with Crippen molar-refractivity contribution in [2.75, 3.05) is 6.54 Å². The molecule has 2 heterocycles. The molecular formula is C20H31NOS. The molecule has 2 saturated heterocycles. The van der Waals surface area contributed by atoms with E-state index in [0.29, 0.717) is 11.3 Å². The van der Waals surface area contributed by atoms with Crippen LogP contribution in [0.3, 0.4) is 0 Å². The molecule has 2 fully saturated rings. The Morgan fingerprint density at radius 2 is 1.91 bits per heavy atom. The minimum atomic E-state index is -0.842. The first-order chi connectivity index (χ1) is 11.3. The molecule has 0 aromatic heterocycles. The van der Waals surface area contributed by atoms with E-state index in [1.807, 2.05) is 30.3 Å². The van der Waals surface area contributed by atoms with Gasteiger partial charge < -0.3 is 0 Å². The van der Waals surface area contributed by atoms with Gasteiger partial charge in [-0.05, 0) is 44.4 Å². The first-order valence-corrected chi connectivity index (χ1v) is 10.7. The molecule has 0 saturated carbocycles. The number of unbranched alkanes of at least 4 members (excludes halogenated alkanes) is 3. The summed E-state index contributed by atoms with van der Waals surface area (Å²) in [7, 11) is -0.842. The normalized spacial score (nSPS) is 29.3. The zero-order valence-corrected chi connectivity index (χ0v) is 15.3. The lowest BCUT2D eigenvalue weighted by Crippen LogP contribution is -2.46. The molecule has 2 aliphatic rings. The smallest absolute Gasteiger partial charge is 0.0577 e. The Labute approximate surface area is 144 Å². The van der Waals surface area contributed by atoms with Gasteiger partial charge in [-0.3, -0.25) is 9.11 Å². The first kappa shape index (κ1) is 17.2. The molecule has 0 N–H and O–H groups in total. The number of piperidine rings is 1. The second-order valence-electron chi connectivity index (χ2n) is 7.18. The van der Waals surface area contributed by atoms with Crippen molar-refractivity contribution in [1.82, 2.24) is 4.90 Å². The predicted molar refractivity (Wildman–Crippen MR) is 98.1 cm³/mol. The van der Waals surface area contributed by atoms with Crippen LogP contribution in [0, 0.1) is 0 Å². The van der Waals surface area contributed by atoms with Gasteiger partial charge in [-0.1, -0.05) is 57.2 Å². The van der Waals surface area contributed by atoms with Crippen molar-refractivity contribution in [1.29, 1.82) is 0 Å². The molecular weight excluding hydrogens is 302 g/mol. The fourth-order valence-electron chi connectivity index (χ4n) is 4.48. The van der Waals surface area contributed by atoms with Crippen LogP contribution in [0.1, 0.15) is 64.7 Å². The molecule has 3 heteroatoms. The highest BCUT2D eigenvalue weighted by atomic mass is 32.2. The summed E-state index contributed by atoms with van der Waals surface area (Å²) in [4.78, 5) is 3.74. The number of rotatable bonds is 7. The Morgan fingerprint density at radius 3 is 2.70 bits per heavy atom. The van der Waals surface area contributed by atoms with Gasteiger partial charge in [-0.15, -0.1) is 0 Å². The average molecular weight is 334 g/mol. The van der Waals surface area contributed by atoms with Crippen LogP contribution in [-0.2, 0) is 10.8 Å². The van der Waals surface area contributed by atoms with E-state index < -0.39 is 10.8 Å². The summed E-state index contributed by atoms with van der Waals surface area (Å²) in [5, 5.41) is 0.343. The molecule has 4 atom stereocenters. The van der Waals surface area contributed by atoms with Gasteiger partial charge in [0.05, 0.1) is 16.0 Å². The third-order valence-electron chi connectivity index (χ3n) is 5.67. The van der Waals surface area contributed by atoms with E-state index in [1.54, 1.807) is 0 Å². The highest BCUT2D eigenvalue weighted by molar-refractivity contribution is 7.85. The van der Waals surface area contributed by atoms with Crippen LogP contribution in [0.2, 0.25) is 0 Å². The molecule has 0 bridgehead atoms. The lowest BCUT2D eigenvalue weighted by Gasteiger charge is -2.39. The molecule has 1 aromatic rings. The van der Waals surface area contributed by atoms with E-state index in [9.17, 15) is 4.21 Å².